The second kappa shape index (κ2) is 9.40. The van der Waals surface area contributed by atoms with E-state index in [2.05, 4.69) is 59.4 Å². The van der Waals surface area contributed by atoms with Crippen molar-refractivity contribution in [2.75, 3.05) is 11.9 Å². The SMILES string of the molecule is C=Cc1cc(NC2CC=CC(Cc3ccccc3)=CC2)ncc1OCC#N. The quantitative estimate of drug-likeness (QED) is 0.763. The fourth-order valence-electron chi connectivity index (χ4n) is 3.06. The van der Waals surface area contributed by atoms with Gasteiger partial charge in [-0.1, -0.05) is 61.2 Å². The van der Waals surface area contributed by atoms with E-state index in [9.17, 15) is 0 Å². The van der Waals surface area contributed by atoms with Crippen LogP contribution in [0.25, 0.3) is 6.08 Å². The van der Waals surface area contributed by atoms with Crippen LogP contribution in [0.1, 0.15) is 24.0 Å². The summed E-state index contributed by atoms with van der Waals surface area (Å²) < 4.78 is 5.37. The van der Waals surface area contributed by atoms with E-state index in [4.69, 9.17) is 10.00 Å². The van der Waals surface area contributed by atoms with E-state index in [1.807, 2.05) is 18.2 Å². The number of nitriles is 1. The highest BCUT2D eigenvalue weighted by atomic mass is 16.5. The fourth-order valence-corrected chi connectivity index (χ4v) is 3.06. The van der Waals surface area contributed by atoms with Gasteiger partial charge in [-0.15, -0.1) is 0 Å². The average molecular weight is 357 g/mol. The number of nitrogens with zero attached hydrogens (tertiary/aromatic N) is 2. The van der Waals surface area contributed by atoms with Gasteiger partial charge in [0, 0.05) is 11.6 Å². The summed E-state index contributed by atoms with van der Waals surface area (Å²) in [5.74, 6) is 1.36. The first kappa shape index (κ1) is 18.5. The van der Waals surface area contributed by atoms with Gasteiger partial charge in [0.2, 0.25) is 0 Å². The van der Waals surface area contributed by atoms with Crippen LogP contribution in [0.2, 0.25) is 0 Å². The molecule has 0 saturated heterocycles. The van der Waals surface area contributed by atoms with Gasteiger partial charge in [0.25, 0.3) is 0 Å². The summed E-state index contributed by atoms with van der Waals surface area (Å²) in [6, 6.07) is 14.7. The Morgan fingerprint density at radius 2 is 2.15 bits per heavy atom. The lowest BCUT2D eigenvalue weighted by Gasteiger charge is -2.16. The number of allylic oxidation sites excluding steroid dienone is 2. The Bertz CT molecular complexity index is 878. The monoisotopic (exact) mass is 357 g/mol. The summed E-state index contributed by atoms with van der Waals surface area (Å²) in [5, 5.41) is 12.1. The van der Waals surface area contributed by atoms with Gasteiger partial charge in [-0.2, -0.15) is 5.26 Å². The molecule has 1 unspecified atom stereocenters. The Hall–Kier alpha value is -3.32. The standard InChI is InChI=1S/C23H23N3O/c1-2-20-16-23(25-17-22(20)27-14-13-24)26-21-10-6-9-19(11-12-21)15-18-7-4-3-5-8-18/h2-9,11,16-17,21H,1,10,12,14-15H2,(H,25,26). The molecule has 0 bridgehead atoms. The van der Waals surface area contributed by atoms with Crippen LogP contribution in [0.4, 0.5) is 5.82 Å². The van der Waals surface area contributed by atoms with Crippen molar-refractivity contribution >= 4 is 11.9 Å². The van der Waals surface area contributed by atoms with Crippen molar-refractivity contribution in [3.63, 3.8) is 0 Å². The van der Waals surface area contributed by atoms with Gasteiger partial charge in [-0.25, -0.2) is 4.98 Å². The topological polar surface area (TPSA) is 57.9 Å². The van der Waals surface area contributed by atoms with Crippen molar-refractivity contribution in [1.29, 1.82) is 5.26 Å². The van der Waals surface area contributed by atoms with Gasteiger partial charge in [-0.05, 0) is 36.5 Å². The second-order valence-electron chi connectivity index (χ2n) is 6.41. The van der Waals surface area contributed by atoms with E-state index in [1.165, 1.54) is 11.1 Å². The van der Waals surface area contributed by atoms with Crippen molar-refractivity contribution < 1.29 is 4.74 Å². The molecule has 1 aliphatic rings. The molecule has 0 radical (unpaired) electrons. The number of anilines is 1. The minimum Gasteiger partial charge on any atom is -0.477 e. The van der Waals surface area contributed by atoms with E-state index in [1.54, 1.807) is 12.3 Å². The zero-order valence-corrected chi connectivity index (χ0v) is 15.3. The highest BCUT2D eigenvalue weighted by Crippen LogP contribution is 2.24. The Morgan fingerprint density at radius 3 is 2.93 bits per heavy atom. The maximum atomic E-state index is 8.66. The predicted octanol–water partition coefficient (Wildman–Crippen LogP) is 4.93. The summed E-state index contributed by atoms with van der Waals surface area (Å²) in [4.78, 5) is 4.41. The van der Waals surface area contributed by atoms with Crippen LogP contribution in [-0.2, 0) is 6.42 Å². The summed E-state index contributed by atoms with van der Waals surface area (Å²) in [7, 11) is 0. The van der Waals surface area contributed by atoms with Crippen LogP contribution in [0.3, 0.4) is 0 Å². The molecule has 3 rings (SSSR count). The number of nitrogens with one attached hydrogen (secondary N) is 1. The lowest BCUT2D eigenvalue weighted by Crippen LogP contribution is -2.18. The van der Waals surface area contributed by atoms with E-state index < -0.39 is 0 Å². The second-order valence-corrected chi connectivity index (χ2v) is 6.41. The summed E-state index contributed by atoms with van der Waals surface area (Å²) in [6.45, 7) is 3.81. The molecule has 0 amide bonds. The number of ether oxygens (including phenoxy) is 1. The van der Waals surface area contributed by atoms with Crippen LogP contribution in [0, 0.1) is 11.3 Å². The van der Waals surface area contributed by atoms with Gasteiger partial charge in [0.1, 0.15) is 17.6 Å². The Balaban J connectivity index is 1.64. The number of hydrogen-bond acceptors (Lipinski definition) is 4. The zero-order valence-electron chi connectivity index (χ0n) is 15.3. The minimum absolute atomic E-state index is 0.00228. The molecule has 136 valence electrons. The predicted molar refractivity (Wildman–Crippen MR) is 109 cm³/mol. The minimum atomic E-state index is -0.00228. The van der Waals surface area contributed by atoms with Crippen LogP contribution in [0.15, 0.2) is 73.0 Å². The molecule has 1 aromatic heterocycles. The summed E-state index contributed by atoms with van der Waals surface area (Å²) in [6.07, 6.45) is 12.9. The molecule has 1 atom stereocenters. The third-order valence-corrected chi connectivity index (χ3v) is 4.43. The Labute approximate surface area is 160 Å². The number of aromatic nitrogens is 1. The third kappa shape index (κ3) is 5.32. The van der Waals surface area contributed by atoms with Crippen molar-refractivity contribution in [2.45, 2.75) is 25.3 Å². The molecule has 4 heteroatoms. The van der Waals surface area contributed by atoms with Crippen LogP contribution >= 0.6 is 0 Å². The number of rotatable bonds is 7. The molecule has 1 aromatic carbocycles. The van der Waals surface area contributed by atoms with E-state index >= 15 is 0 Å². The summed E-state index contributed by atoms with van der Waals surface area (Å²) in [5.41, 5.74) is 3.49. The van der Waals surface area contributed by atoms with Gasteiger partial charge in [-0.3, -0.25) is 0 Å². The molecule has 1 N–H and O–H groups in total. The lowest BCUT2D eigenvalue weighted by atomic mass is 10.0. The summed E-state index contributed by atoms with van der Waals surface area (Å²) >= 11 is 0. The van der Waals surface area contributed by atoms with E-state index in [-0.39, 0.29) is 12.6 Å². The highest BCUT2D eigenvalue weighted by molar-refractivity contribution is 5.59. The van der Waals surface area contributed by atoms with E-state index in [0.29, 0.717) is 5.75 Å². The first-order valence-corrected chi connectivity index (χ1v) is 9.06. The molecule has 27 heavy (non-hydrogen) atoms. The van der Waals surface area contributed by atoms with E-state index in [0.717, 1.165) is 30.6 Å². The molecule has 2 aromatic rings. The average Bonchev–Trinajstić information content (AvgIpc) is 2.92. The van der Waals surface area contributed by atoms with Gasteiger partial charge in [0.15, 0.2) is 6.61 Å². The number of hydrogen-bond donors (Lipinski definition) is 1. The van der Waals surface area contributed by atoms with Crippen molar-refractivity contribution in [1.82, 2.24) is 4.98 Å². The normalized spacial score (nSPS) is 16.0. The number of benzene rings is 1. The largest absolute Gasteiger partial charge is 0.477 e. The van der Waals surface area contributed by atoms with Crippen LogP contribution < -0.4 is 10.1 Å². The van der Waals surface area contributed by atoms with Gasteiger partial charge in [0.05, 0.1) is 6.20 Å². The van der Waals surface area contributed by atoms with Crippen molar-refractivity contribution in [3.8, 4) is 11.8 Å². The van der Waals surface area contributed by atoms with Crippen molar-refractivity contribution in [3.05, 3.63) is 84.1 Å². The third-order valence-electron chi connectivity index (χ3n) is 4.43. The molecular weight excluding hydrogens is 334 g/mol. The molecule has 1 heterocycles. The lowest BCUT2D eigenvalue weighted by molar-refractivity contribution is 0.366. The fraction of sp³-hybridized carbons (Fsp3) is 0.217. The Kier molecular flexibility index (Phi) is 6.43. The molecule has 1 aliphatic carbocycles. The molecule has 0 aliphatic heterocycles. The smallest absolute Gasteiger partial charge is 0.174 e. The highest BCUT2D eigenvalue weighted by Gasteiger charge is 2.11. The molecule has 0 fully saturated rings. The van der Waals surface area contributed by atoms with Crippen LogP contribution in [0.5, 0.6) is 5.75 Å². The van der Waals surface area contributed by atoms with Gasteiger partial charge < -0.3 is 10.1 Å². The maximum absolute atomic E-state index is 8.66. The first-order chi connectivity index (χ1) is 13.3. The maximum Gasteiger partial charge on any atom is 0.174 e. The van der Waals surface area contributed by atoms with Crippen molar-refractivity contribution in [2.24, 2.45) is 0 Å². The number of pyridine rings is 1. The van der Waals surface area contributed by atoms with Gasteiger partial charge >= 0.3 is 0 Å². The molecule has 0 saturated carbocycles. The Morgan fingerprint density at radius 1 is 1.30 bits per heavy atom. The zero-order chi connectivity index (χ0) is 18.9. The molecule has 0 spiro atoms. The molecular formula is C23H23N3O. The first-order valence-electron chi connectivity index (χ1n) is 9.06. The molecule has 4 nitrogen and oxygen atoms in total. The van der Waals surface area contributed by atoms with Crippen LogP contribution in [-0.4, -0.2) is 17.6 Å².